The lowest BCUT2D eigenvalue weighted by Crippen LogP contribution is -2.33. The summed E-state index contributed by atoms with van der Waals surface area (Å²) in [4.78, 5) is 0. The van der Waals surface area contributed by atoms with Crippen LogP contribution in [0.15, 0.2) is 18.2 Å². The van der Waals surface area contributed by atoms with Crippen molar-refractivity contribution in [1.82, 2.24) is 0 Å². The van der Waals surface area contributed by atoms with E-state index in [2.05, 4.69) is 0 Å². The monoisotopic (exact) mass is 243 g/mol. The zero-order valence-corrected chi connectivity index (χ0v) is 9.77. The standard InChI is InChI=1S/C13H16F3N/c1-9-4-5-10(8-11(9)13(14,15)16)12(17)6-2-3-7-12/h4-5,8H,2-3,6-7,17H2,1H3. The molecule has 1 nitrogen and oxygen atoms in total. The maximum atomic E-state index is 12.8. The Balaban J connectivity index is 2.44. The fraction of sp³-hybridized carbons (Fsp3) is 0.538. The number of hydrogen-bond donors (Lipinski definition) is 1. The van der Waals surface area contributed by atoms with Crippen molar-refractivity contribution in [2.24, 2.45) is 5.73 Å². The van der Waals surface area contributed by atoms with Crippen LogP contribution in [0.5, 0.6) is 0 Å². The van der Waals surface area contributed by atoms with Crippen molar-refractivity contribution in [3.8, 4) is 0 Å². The zero-order valence-electron chi connectivity index (χ0n) is 9.77. The van der Waals surface area contributed by atoms with Crippen molar-refractivity contribution in [2.75, 3.05) is 0 Å². The normalized spacial score (nSPS) is 19.6. The Morgan fingerprint density at radius 1 is 1.18 bits per heavy atom. The SMILES string of the molecule is Cc1ccc(C2(N)CCCC2)cc1C(F)(F)F. The molecular formula is C13H16F3N. The molecule has 1 saturated carbocycles. The van der Waals surface area contributed by atoms with Crippen LogP contribution in [0.4, 0.5) is 13.2 Å². The first-order valence-corrected chi connectivity index (χ1v) is 5.80. The molecule has 0 heterocycles. The fourth-order valence-electron chi connectivity index (χ4n) is 2.53. The van der Waals surface area contributed by atoms with Crippen LogP contribution < -0.4 is 5.73 Å². The van der Waals surface area contributed by atoms with Gasteiger partial charge in [0.15, 0.2) is 0 Å². The van der Waals surface area contributed by atoms with Gasteiger partial charge in [0.25, 0.3) is 0 Å². The van der Waals surface area contributed by atoms with E-state index in [1.165, 1.54) is 19.1 Å². The second kappa shape index (κ2) is 4.02. The van der Waals surface area contributed by atoms with Crippen molar-refractivity contribution in [2.45, 2.75) is 44.3 Å². The van der Waals surface area contributed by atoms with Gasteiger partial charge in [-0.1, -0.05) is 25.0 Å². The van der Waals surface area contributed by atoms with E-state index >= 15 is 0 Å². The topological polar surface area (TPSA) is 26.0 Å². The Labute approximate surface area is 98.8 Å². The van der Waals surface area contributed by atoms with Crippen molar-refractivity contribution in [3.05, 3.63) is 34.9 Å². The highest BCUT2D eigenvalue weighted by Gasteiger charge is 2.36. The van der Waals surface area contributed by atoms with E-state index in [1.807, 2.05) is 0 Å². The maximum Gasteiger partial charge on any atom is 0.416 e. The number of benzene rings is 1. The van der Waals surface area contributed by atoms with Crippen LogP contribution in [0.1, 0.15) is 42.4 Å². The Morgan fingerprint density at radius 3 is 2.29 bits per heavy atom. The number of halogens is 3. The lowest BCUT2D eigenvalue weighted by atomic mass is 9.87. The third-order valence-corrected chi connectivity index (χ3v) is 3.61. The Morgan fingerprint density at radius 2 is 1.76 bits per heavy atom. The van der Waals surface area contributed by atoms with E-state index in [0.717, 1.165) is 25.7 Å². The molecule has 4 heteroatoms. The number of hydrogen-bond acceptors (Lipinski definition) is 1. The third-order valence-electron chi connectivity index (χ3n) is 3.61. The summed E-state index contributed by atoms with van der Waals surface area (Å²) in [5.74, 6) is 0. The molecule has 0 unspecified atom stereocenters. The number of aryl methyl sites for hydroxylation is 1. The molecule has 0 bridgehead atoms. The second-order valence-electron chi connectivity index (χ2n) is 4.89. The molecule has 0 saturated heterocycles. The molecular weight excluding hydrogens is 227 g/mol. The molecule has 1 aromatic rings. The molecule has 1 fully saturated rings. The summed E-state index contributed by atoms with van der Waals surface area (Å²) in [5, 5.41) is 0. The summed E-state index contributed by atoms with van der Waals surface area (Å²) < 4.78 is 38.4. The molecule has 0 aliphatic heterocycles. The van der Waals surface area contributed by atoms with Crippen LogP contribution in [-0.2, 0) is 11.7 Å². The first kappa shape index (κ1) is 12.4. The molecule has 1 aliphatic carbocycles. The van der Waals surface area contributed by atoms with Gasteiger partial charge in [0.2, 0.25) is 0 Å². The molecule has 0 atom stereocenters. The minimum atomic E-state index is -4.30. The van der Waals surface area contributed by atoms with E-state index in [9.17, 15) is 13.2 Å². The average Bonchev–Trinajstić information content (AvgIpc) is 2.65. The Hall–Kier alpha value is -1.03. The van der Waals surface area contributed by atoms with E-state index in [1.54, 1.807) is 6.07 Å². The first-order chi connectivity index (χ1) is 7.83. The van der Waals surface area contributed by atoms with Gasteiger partial charge < -0.3 is 5.73 Å². The molecule has 0 aromatic heterocycles. The van der Waals surface area contributed by atoms with Crippen molar-refractivity contribution < 1.29 is 13.2 Å². The highest BCUT2D eigenvalue weighted by atomic mass is 19.4. The maximum absolute atomic E-state index is 12.8. The van der Waals surface area contributed by atoms with Crippen molar-refractivity contribution in [1.29, 1.82) is 0 Å². The average molecular weight is 243 g/mol. The van der Waals surface area contributed by atoms with Gasteiger partial charge in [-0.3, -0.25) is 0 Å². The van der Waals surface area contributed by atoms with Crippen LogP contribution in [-0.4, -0.2) is 0 Å². The summed E-state index contributed by atoms with van der Waals surface area (Å²) in [5.41, 5.74) is 5.92. The minimum absolute atomic E-state index is 0.253. The number of alkyl halides is 3. The molecule has 2 rings (SSSR count). The lowest BCUT2D eigenvalue weighted by molar-refractivity contribution is -0.138. The van der Waals surface area contributed by atoms with Gasteiger partial charge >= 0.3 is 6.18 Å². The largest absolute Gasteiger partial charge is 0.416 e. The van der Waals surface area contributed by atoms with Gasteiger partial charge in [0.05, 0.1) is 5.56 Å². The van der Waals surface area contributed by atoms with Gasteiger partial charge in [-0.2, -0.15) is 13.2 Å². The van der Waals surface area contributed by atoms with Crippen LogP contribution in [0.3, 0.4) is 0 Å². The molecule has 17 heavy (non-hydrogen) atoms. The van der Waals surface area contributed by atoms with Crippen LogP contribution in [0.25, 0.3) is 0 Å². The Kier molecular flexibility index (Phi) is 2.94. The first-order valence-electron chi connectivity index (χ1n) is 5.80. The molecule has 2 N–H and O–H groups in total. The smallest absolute Gasteiger partial charge is 0.321 e. The van der Waals surface area contributed by atoms with Gasteiger partial charge in [-0.15, -0.1) is 0 Å². The van der Waals surface area contributed by atoms with Gasteiger partial charge in [0.1, 0.15) is 0 Å². The van der Waals surface area contributed by atoms with Crippen molar-refractivity contribution >= 4 is 0 Å². The minimum Gasteiger partial charge on any atom is -0.321 e. The summed E-state index contributed by atoms with van der Waals surface area (Å²) >= 11 is 0. The molecule has 94 valence electrons. The zero-order chi connectivity index (χ0) is 12.7. The van der Waals surface area contributed by atoms with Crippen LogP contribution >= 0.6 is 0 Å². The van der Waals surface area contributed by atoms with Crippen LogP contribution in [0.2, 0.25) is 0 Å². The highest BCUT2D eigenvalue weighted by Crippen LogP contribution is 2.39. The van der Waals surface area contributed by atoms with E-state index in [4.69, 9.17) is 5.73 Å². The second-order valence-corrected chi connectivity index (χ2v) is 4.89. The molecule has 1 aliphatic rings. The molecule has 0 radical (unpaired) electrons. The highest BCUT2D eigenvalue weighted by molar-refractivity contribution is 5.37. The van der Waals surface area contributed by atoms with E-state index in [0.29, 0.717) is 5.56 Å². The number of nitrogens with two attached hydrogens (primary N) is 1. The summed E-state index contributed by atoms with van der Waals surface area (Å²) in [7, 11) is 0. The predicted molar refractivity (Wildman–Crippen MR) is 60.5 cm³/mol. The number of rotatable bonds is 1. The summed E-state index contributed by atoms with van der Waals surface area (Å²) in [6.07, 6.45) is -0.771. The molecule has 1 aromatic carbocycles. The molecule has 0 amide bonds. The molecule has 0 spiro atoms. The Bertz CT molecular complexity index is 417. The van der Waals surface area contributed by atoms with E-state index < -0.39 is 17.3 Å². The van der Waals surface area contributed by atoms with Gasteiger partial charge in [-0.05, 0) is 37.0 Å². The predicted octanol–water partition coefficient (Wildman–Crippen LogP) is 3.74. The van der Waals surface area contributed by atoms with E-state index in [-0.39, 0.29) is 5.56 Å². The van der Waals surface area contributed by atoms with Crippen molar-refractivity contribution in [3.63, 3.8) is 0 Å². The fourth-order valence-corrected chi connectivity index (χ4v) is 2.53. The third kappa shape index (κ3) is 2.32. The quantitative estimate of drug-likeness (QED) is 0.798. The summed E-state index contributed by atoms with van der Waals surface area (Å²) in [6, 6.07) is 4.47. The summed E-state index contributed by atoms with van der Waals surface area (Å²) in [6.45, 7) is 1.48. The van der Waals surface area contributed by atoms with Crippen LogP contribution in [0, 0.1) is 6.92 Å². The van der Waals surface area contributed by atoms with Gasteiger partial charge in [-0.25, -0.2) is 0 Å². The lowest BCUT2D eigenvalue weighted by Gasteiger charge is -2.25. The van der Waals surface area contributed by atoms with Gasteiger partial charge in [0, 0.05) is 5.54 Å².